The van der Waals surface area contributed by atoms with Gasteiger partial charge in [0.1, 0.15) is 29.4 Å². The average molecular weight is 495 g/mol. The molecule has 2 unspecified atom stereocenters. The number of likely N-dealkylation sites (tertiary alicyclic amines) is 1. The van der Waals surface area contributed by atoms with Crippen LogP contribution in [0.5, 0.6) is 5.75 Å². The second-order valence-electron chi connectivity index (χ2n) is 8.68. The van der Waals surface area contributed by atoms with Gasteiger partial charge in [0.15, 0.2) is 6.19 Å². The molecule has 4 aromatic rings. The van der Waals surface area contributed by atoms with Gasteiger partial charge in [-0.15, -0.1) is 0 Å². The number of nitrogens with zero attached hydrogens (tertiary/aromatic N) is 7. The minimum absolute atomic E-state index is 0.220. The number of pyridine rings is 1. The van der Waals surface area contributed by atoms with Gasteiger partial charge in [-0.05, 0) is 64.3 Å². The molecule has 188 valence electrons. The summed E-state index contributed by atoms with van der Waals surface area (Å²) in [6, 6.07) is 9.32. The first-order valence-corrected chi connectivity index (χ1v) is 11.8. The number of H-pyrrole nitrogens is 1. The maximum atomic E-state index is 13.4. The third kappa shape index (κ3) is 5.43. The summed E-state index contributed by atoms with van der Waals surface area (Å²) in [5.41, 5.74) is 3.27. The number of rotatable bonds is 5. The molecule has 0 amide bonds. The molecule has 36 heavy (non-hydrogen) atoms. The zero-order valence-electron chi connectivity index (χ0n) is 20.4. The van der Waals surface area contributed by atoms with Crippen LogP contribution in [-0.4, -0.2) is 47.4 Å². The van der Waals surface area contributed by atoms with Crippen LogP contribution in [0.25, 0.3) is 22.3 Å². The van der Waals surface area contributed by atoms with E-state index in [0.29, 0.717) is 34.2 Å². The van der Waals surface area contributed by atoms with Gasteiger partial charge in [0, 0.05) is 24.3 Å². The topological polar surface area (TPSA) is 109 Å². The van der Waals surface area contributed by atoms with Crippen LogP contribution in [0.3, 0.4) is 0 Å². The fraction of sp³-hybridized carbons (Fsp3) is 0.400. The molecule has 1 aromatic carbocycles. The Balaban J connectivity index is 0.000000286. The molecule has 1 aliphatic heterocycles. The quantitative estimate of drug-likeness (QED) is 0.370. The van der Waals surface area contributed by atoms with Crippen LogP contribution in [0.15, 0.2) is 42.9 Å². The summed E-state index contributed by atoms with van der Waals surface area (Å²) in [7, 11) is 0. The number of aryl methyl sites for hydroxylation is 1. The number of benzene rings is 1. The molecular formula is C25H28F2N8O. The number of imidazole rings is 1. The molecule has 2 atom stereocenters. The minimum Gasteiger partial charge on any atom is -0.482 e. The summed E-state index contributed by atoms with van der Waals surface area (Å²) in [4.78, 5) is 10.2. The number of alkyl halides is 2. The number of hydrogen-bond donors (Lipinski definition) is 1. The van der Waals surface area contributed by atoms with Gasteiger partial charge in [-0.25, -0.2) is 4.98 Å². The zero-order valence-corrected chi connectivity index (χ0v) is 20.4. The molecule has 0 bridgehead atoms. The van der Waals surface area contributed by atoms with Crippen LogP contribution < -0.4 is 4.74 Å². The molecule has 0 aliphatic carbocycles. The zero-order chi connectivity index (χ0) is 25.7. The Morgan fingerprint density at radius 1 is 1.19 bits per heavy atom. The standard InChI is InChI=1S/C18H16F2N6O.C7H12N2/c1-10-16(24-25-23-10)12-7-14-17(26(9-22-14)18(19)20)15(8-12)27-11(2)13-5-3-4-6-21-13;1-7-4-2-3-5-9(7)6-8/h3-9,11,18H,1-2H3,(H,23,24,25);7H,2-5H2,1H3. The Hall–Kier alpha value is -4.07. The third-order valence-corrected chi connectivity index (χ3v) is 6.18. The van der Waals surface area contributed by atoms with E-state index in [0.717, 1.165) is 17.4 Å². The molecular weight excluding hydrogens is 466 g/mol. The predicted molar refractivity (Wildman–Crippen MR) is 130 cm³/mol. The summed E-state index contributed by atoms with van der Waals surface area (Å²) in [5.74, 6) is 0.279. The number of fused-ring (bicyclic) bond motifs is 1. The van der Waals surface area contributed by atoms with Crippen LogP contribution in [0.2, 0.25) is 0 Å². The van der Waals surface area contributed by atoms with E-state index in [4.69, 9.17) is 10.00 Å². The first-order chi connectivity index (χ1) is 17.4. The van der Waals surface area contributed by atoms with E-state index in [1.54, 1.807) is 31.3 Å². The monoisotopic (exact) mass is 494 g/mol. The van der Waals surface area contributed by atoms with Crippen LogP contribution in [0.4, 0.5) is 8.78 Å². The van der Waals surface area contributed by atoms with Crippen molar-refractivity contribution in [2.75, 3.05) is 6.54 Å². The van der Waals surface area contributed by atoms with E-state index in [9.17, 15) is 8.78 Å². The second-order valence-corrected chi connectivity index (χ2v) is 8.68. The molecule has 5 rings (SSSR count). The molecule has 0 saturated carbocycles. The normalized spacial score (nSPS) is 16.4. The first kappa shape index (κ1) is 25.0. The van der Waals surface area contributed by atoms with E-state index in [2.05, 4.69) is 38.5 Å². The van der Waals surface area contributed by atoms with Crippen LogP contribution in [-0.2, 0) is 0 Å². The van der Waals surface area contributed by atoms with Crippen molar-refractivity contribution >= 4 is 11.0 Å². The molecule has 4 heterocycles. The first-order valence-electron chi connectivity index (χ1n) is 11.8. The highest BCUT2D eigenvalue weighted by molar-refractivity contribution is 5.87. The molecule has 11 heteroatoms. The Morgan fingerprint density at radius 2 is 2.03 bits per heavy atom. The number of aromatic nitrogens is 6. The van der Waals surface area contributed by atoms with Crippen molar-refractivity contribution < 1.29 is 13.5 Å². The smallest absolute Gasteiger partial charge is 0.320 e. The lowest BCUT2D eigenvalue weighted by molar-refractivity contribution is 0.0737. The van der Waals surface area contributed by atoms with Crippen LogP contribution >= 0.6 is 0 Å². The Bertz CT molecular complexity index is 1330. The number of piperidine rings is 1. The van der Waals surface area contributed by atoms with Crippen molar-refractivity contribution in [3.63, 3.8) is 0 Å². The largest absolute Gasteiger partial charge is 0.482 e. The molecule has 9 nitrogen and oxygen atoms in total. The predicted octanol–water partition coefficient (Wildman–Crippen LogP) is 5.40. The SMILES string of the molecule is CC1CCCCN1C#N.Cc1n[nH]nc1-c1cc(OC(C)c2ccccn2)c2c(c1)ncn2C(F)F. The number of nitrogens with one attached hydrogen (secondary N) is 1. The molecule has 1 N–H and O–H groups in total. The van der Waals surface area contributed by atoms with Crippen molar-refractivity contribution in [2.45, 2.75) is 58.7 Å². The highest BCUT2D eigenvalue weighted by Gasteiger charge is 2.21. The number of ether oxygens (including phenoxy) is 1. The van der Waals surface area contributed by atoms with Crippen molar-refractivity contribution in [1.29, 1.82) is 5.26 Å². The summed E-state index contributed by atoms with van der Waals surface area (Å²) in [5, 5.41) is 19.2. The lowest BCUT2D eigenvalue weighted by Crippen LogP contribution is -2.33. The van der Waals surface area contributed by atoms with Crippen molar-refractivity contribution in [3.05, 3.63) is 54.2 Å². The third-order valence-electron chi connectivity index (χ3n) is 6.18. The van der Waals surface area contributed by atoms with Gasteiger partial charge >= 0.3 is 6.55 Å². The summed E-state index contributed by atoms with van der Waals surface area (Å²) in [6.07, 6.45) is 8.18. The summed E-state index contributed by atoms with van der Waals surface area (Å²) >= 11 is 0. The number of hydrogen-bond acceptors (Lipinski definition) is 7. The highest BCUT2D eigenvalue weighted by atomic mass is 19.3. The van der Waals surface area contributed by atoms with E-state index in [1.165, 1.54) is 19.3 Å². The van der Waals surface area contributed by atoms with E-state index < -0.39 is 12.7 Å². The molecule has 3 aromatic heterocycles. The Kier molecular flexibility index (Phi) is 7.73. The minimum atomic E-state index is -2.73. The van der Waals surface area contributed by atoms with E-state index >= 15 is 0 Å². The number of aromatic amines is 1. The van der Waals surface area contributed by atoms with E-state index in [-0.39, 0.29) is 11.3 Å². The fourth-order valence-electron chi connectivity index (χ4n) is 4.18. The van der Waals surface area contributed by atoms with Gasteiger partial charge < -0.3 is 9.64 Å². The number of nitriles is 1. The Labute approximate surface area is 207 Å². The molecule has 1 saturated heterocycles. The van der Waals surface area contributed by atoms with Crippen molar-refractivity contribution in [3.8, 4) is 23.2 Å². The summed E-state index contributed by atoms with van der Waals surface area (Å²) < 4.78 is 33.7. The van der Waals surface area contributed by atoms with E-state index in [1.807, 2.05) is 24.0 Å². The molecule has 1 aliphatic rings. The van der Waals surface area contributed by atoms with Crippen molar-refractivity contribution in [2.24, 2.45) is 0 Å². The maximum Gasteiger partial charge on any atom is 0.320 e. The molecule has 1 fully saturated rings. The van der Waals surface area contributed by atoms with Crippen LogP contribution in [0.1, 0.15) is 57.2 Å². The lowest BCUT2D eigenvalue weighted by Gasteiger charge is -2.27. The molecule has 0 spiro atoms. The van der Waals surface area contributed by atoms with Gasteiger partial charge in [-0.1, -0.05) is 6.07 Å². The van der Waals surface area contributed by atoms with Gasteiger partial charge in [0.25, 0.3) is 0 Å². The van der Waals surface area contributed by atoms with Gasteiger partial charge in [0.05, 0.1) is 16.9 Å². The van der Waals surface area contributed by atoms with Gasteiger partial charge in [-0.3, -0.25) is 9.55 Å². The fourth-order valence-corrected chi connectivity index (χ4v) is 4.18. The summed E-state index contributed by atoms with van der Waals surface area (Å²) in [6.45, 7) is 3.96. The second kappa shape index (κ2) is 11.1. The lowest BCUT2D eigenvalue weighted by atomic mass is 10.1. The van der Waals surface area contributed by atoms with Gasteiger partial charge in [-0.2, -0.15) is 29.5 Å². The maximum absolute atomic E-state index is 13.4. The van der Waals surface area contributed by atoms with Gasteiger partial charge in [0.2, 0.25) is 0 Å². The molecule has 0 radical (unpaired) electrons. The Morgan fingerprint density at radius 3 is 2.64 bits per heavy atom. The van der Waals surface area contributed by atoms with Crippen molar-refractivity contribution in [1.82, 2.24) is 34.8 Å². The highest BCUT2D eigenvalue weighted by Crippen LogP contribution is 2.36. The van der Waals surface area contributed by atoms with Crippen LogP contribution in [0, 0.1) is 18.4 Å². The number of halogens is 2. The average Bonchev–Trinajstić information content (AvgIpc) is 3.51.